The van der Waals surface area contributed by atoms with Crippen LogP contribution in [0.3, 0.4) is 0 Å². The van der Waals surface area contributed by atoms with E-state index in [4.69, 9.17) is 42.1 Å². The maximum absolute atomic E-state index is 12.9. The van der Waals surface area contributed by atoms with E-state index in [0.29, 0.717) is 36.2 Å². The van der Waals surface area contributed by atoms with E-state index in [2.05, 4.69) is 15.5 Å². The number of nitrogens with zero attached hydrogens (tertiary/aromatic N) is 2. The molecular weight excluding hydrogens is 473 g/mol. The van der Waals surface area contributed by atoms with Crippen LogP contribution in [0, 0.1) is 0 Å². The van der Waals surface area contributed by atoms with Crippen LogP contribution in [0.4, 0.5) is 11.4 Å². The van der Waals surface area contributed by atoms with E-state index in [1.54, 1.807) is 13.0 Å². The summed E-state index contributed by atoms with van der Waals surface area (Å²) in [7, 11) is 2.92. The standard InChI is InChI=1S/C22H25Cl2N3O6/c1-6-32-17-11-18(33-7-2)16(8-14(17)24)25-22(29)21(12(3)28)27-26-15-10-20(31-5)19(30-4)9-13(15)23/h8-11,21H,6-7H2,1-5H3,(H,25,29). The summed E-state index contributed by atoms with van der Waals surface area (Å²) >= 11 is 12.4. The number of azo groups is 1. The fourth-order valence-electron chi connectivity index (χ4n) is 2.73. The van der Waals surface area contributed by atoms with Gasteiger partial charge in [0, 0.05) is 18.2 Å². The van der Waals surface area contributed by atoms with Gasteiger partial charge in [-0.3, -0.25) is 9.59 Å². The van der Waals surface area contributed by atoms with Gasteiger partial charge in [0.1, 0.15) is 17.2 Å². The zero-order valence-corrected chi connectivity index (χ0v) is 20.4. The lowest BCUT2D eigenvalue weighted by molar-refractivity contribution is -0.126. The molecule has 0 aliphatic rings. The van der Waals surface area contributed by atoms with Crippen LogP contribution >= 0.6 is 23.2 Å². The number of hydrogen-bond acceptors (Lipinski definition) is 8. The molecular formula is C22H25Cl2N3O6. The van der Waals surface area contributed by atoms with E-state index in [-0.39, 0.29) is 21.4 Å². The van der Waals surface area contributed by atoms with Crippen LogP contribution in [0.1, 0.15) is 20.8 Å². The molecule has 2 rings (SSSR count). The molecule has 1 amide bonds. The number of ether oxygens (including phenoxy) is 4. The smallest absolute Gasteiger partial charge is 0.258 e. The summed E-state index contributed by atoms with van der Waals surface area (Å²) in [6, 6.07) is 4.59. The average Bonchev–Trinajstić information content (AvgIpc) is 2.77. The number of amides is 1. The molecule has 0 aromatic heterocycles. The first-order valence-electron chi connectivity index (χ1n) is 9.98. The maximum atomic E-state index is 12.9. The predicted molar refractivity (Wildman–Crippen MR) is 126 cm³/mol. The maximum Gasteiger partial charge on any atom is 0.258 e. The van der Waals surface area contributed by atoms with Crippen molar-refractivity contribution in [3.63, 3.8) is 0 Å². The third kappa shape index (κ3) is 6.72. The Labute approximate surface area is 202 Å². The molecule has 1 unspecified atom stereocenters. The van der Waals surface area contributed by atoms with Gasteiger partial charge in [0.05, 0.1) is 43.2 Å². The van der Waals surface area contributed by atoms with Crippen LogP contribution in [-0.2, 0) is 9.59 Å². The van der Waals surface area contributed by atoms with Crippen molar-refractivity contribution in [3.05, 3.63) is 34.3 Å². The molecule has 11 heteroatoms. The number of ketones is 1. The second-order valence-electron chi connectivity index (χ2n) is 6.52. The molecule has 0 heterocycles. The Bertz CT molecular complexity index is 1050. The van der Waals surface area contributed by atoms with Gasteiger partial charge in [0.2, 0.25) is 6.04 Å². The van der Waals surface area contributed by atoms with Gasteiger partial charge < -0.3 is 24.3 Å². The van der Waals surface area contributed by atoms with Gasteiger partial charge in [-0.2, -0.15) is 10.2 Å². The van der Waals surface area contributed by atoms with Crippen LogP contribution in [0.5, 0.6) is 23.0 Å². The number of anilines is 1. The number of methoxy groups -OCH3 is 2. The van der Waals surface area contributed by atoms with Crippen LogP contribution in [0.2, 0.25) is 10.0 Å². The van der Waals surface area contributed by atoms with Gasteiger partial charge in [0.25, 0.3) is 5.91 Å². The Morgan fingerprint density at radius 1 is 0.909 bits per heavy atom. The molecule has 1 atom stereocenters. The molecule has 0 aliphatic carbocycles. The van der Waals surface area contributed by atoms with Crippen LogP contribution in [0.15, 0.2) is 34.5 Å². The van der Waals surface area contributed by atoms with Crippen molar-refractivity contribution in [1.29, 1.82) is 0 Å². The van der Waals surface area contributed by atoms with Crippen molar-refractivity contribution in [2.45, 2.75) is 26.8 Å². The van der Waals surface area contributed by atoms with Gasteiger partial charge in [-0.05, 0) is 26.8 Å². The normalized spacial score (nSPS) is 11.7. The number of benzene rings is 2. The lowest BCUT2D eigenvalue weighted by Gasteiger charge is -2.16. The molecule has 0 bridgehead atoms. The highest BCUT2D eigenvalue weighted by molar-refractivity contribution is 6.33. The summed E-state index contributed by atoms with van der Waals surface area (Å²) in [4.78, 5) is 25.0. The largest absolute Gasteiger partial charge is 0.493 e. The zero-order chi connectivity index (χ0) is 24.5. The summed E-state index contributed by atoms with van der Waals surface area (Å²) in [6.07, 6.45) is 0. The number of nitrogens with one attached hydrogen (secondary N) is 1. The highest BCUT2D eigenvalue weighted by atomic mass is 35.5. The molecule has 33 heavy (non-hydrogen) atoms. The number of hydrogen-bond donors (Lipinski definition) is 1. The molecule has 9 nitrogen and oxygen atoms in total. The summed E-state index contributed by atoms with van der Waals surface area (Å²) in [5, 5.41) is 11.0. The summed E-state index contributed by atoms with van der Waals surface area (Å²) in [5.74, 6) is 0.266. The molecule has 0 aliphatic heterocycles. The first kappa shape index (κ1) is 26.2. The first-order chi connectivity index (χ1) is 15.7. The topological polar surface area (TPSA) is 108 Å². The molecule has 0 spiro atoms. The average molecular weight is 498 g/mol. The molecule has 1 N–H and O–H groups in total. The fraction of sp³-hybridized carbons (Fsp3) is 0.364. The van der Waals surface area contributed by atoms with E-state index >= 15 is 0 Å². The SMILES string of the molecule is CCOc1cc(OCC)c(NC(=O)C(N=Nc2cc(OC)c(OC)cc2Cl)C(C)=O)cc1Cl. The van der Waals surface area contributed by atoms with E-state index in [1.807, 2.05) is 6.92 Å². The minimum atomic E-state index is -1.44. The molecule has 2 aromatic carbocycles. The van der Waals surface area contributed by atoms with Crippen molar-refractivity contribution in [2.75, 3.05) is 32.8 Å². The minimum absolute atomic E-state index is 0.201. The molecule has 0 fully saturated rings. The Morgan fingerprint density at radius 2 is 1.52 bits per heavy atom. The van der Waals surface area contributed by atoms with Crippen LogP contribution in [0.25, 0.3) is 0 Å². The van der Waals surface area contributed by atoms with Gasteiger partial charge in [-0.15, -0.1) is 0 Å². The molecule has 0 saturated carbocycles. The number of carbonyl (C=O) groups excluding carboxylic acids is 2. The Hall–Kier alpha value is -3.04. The Balaban J connectivity index is 2.33. The lowest BCUT2D eigenvalue weighted by atomic mass is 10.2. The van der Waals surface area contributed by atoms with E-state index < -0.39 is 17.7 Å². The number of rotatable bonds is 11. The van der Waals surface area contributed by atoms with E-state index in [1.165, 1.54) is 39.3 Å². The summed E-state index contributed by atoms with van der Waals surface area (Å²) < 4.78 is 21.4. The van der Waals surface area contributed by atoms with Crippen LogP contribution in [-0.4, -0.2) is 45.2 Å². The van der Waals surface area contributed by atoms with Gasteiger partial charge in [-0.1, -0.05) is 23.2 Å². The zero-order valence-electron chi connectivity index (χ0n) is 18.9. The highest BCUT2D eigenvalue weighted by Crippen LogP contribution is 2.38. The Kier molecular flexibility index (Phi) is 9.74. The van der Waals surface area contributed by atoms with Gasteiger partial charge in [-0.25, -0.2) is 0 Å². The van der Waals surface area contributed by atoms with Crippen LogP contribution < -0.4 is 24.3 Å². The Morgan fingerprint density at radius 3 is 2.09 bits per heavy atom. The quantitative estimate of drug-likeness (QED) is 0.324. The van der Waals surface area contributed by atoms with E-state index in [9.17, 15) is 9.59 Å². The predicted octanol–water partition coefficient (Wildman–Crippen LogP) is 5.49. The third-order valence-electron chi connectivity index (χ3n) is 4.26. The lowest BCUT2D eigenvalue weighted by Crippen LogP contribution is -2.32. The van der Waals surface area contributed by atoms with Crippen molar-refractivity contribution in [1.82, 2.24) is 0 Å². The second kappa shape index (κ2) is 12.3. The number of Topliss-reactive ketones (excluding diaryl/α,β-unsaturated/α-hetero) is 1. The summed E-state index contributed by atoms with van der Waals surface area (Å²) in [5.41, 5.74) is 0.466. The molecule has 2 aromatic rings. The monoisotopic (exact) mass is 497 g/mol. The van der Waals surface area contributed by atoms with E-state index in [0.717, 1.165) is 0 Å². The number of halogens is 2. The van der Waals surface area contributed by atoms with Crippen molar-refractivity contribution in [3.8, 4) is 23.0 Å². The third-order valence-corrected chi connectivity index (χ3v) is 4.86. The molecule has 0 saturated heterocycles. The highest BCUT2D eigenvalue weighted by Gasteiger charge is 2.25. The second-order valence-corrected chi connectivity index (χ2v) is 7.34. The molecule has 178 valence electrons. The first-order valence-corrected chi connectivity index (χ1v) is 10.7. The minimum Gasteiger partial charge on any atom is -0.493 e. The van der Waals surface area contributed by atoms with Gasteiger partial charge >= 0.3 is 0 Å². The van der Waals surface area contributed by atoms with Crippen molar-refractivity contribution >= 4 is 46.3 Å². The van der Waals surface area contributed by atoms with Crippen molar-refractivity contribution in [2.24, 2.45) is 10.2 Å². The number of carbonyl (C=O) groups is 2. The molecule has 0 radical (unpaired) electrons. The fourth-order valence-corrected chi connectivity index (χ4v) is 3.14. The summed E-state index contributed by atoms with van der Waals surface area (Å²) in [6.45, 7) is 5.58. The van der Waals surface area contributed by atoms with Gasteiger partial charge in [0.15, 0.2) is 17.3 Å². The van der Waals surface area contributed by atoms with Crippen molar-refractivity contribution < 1.29 is 28.5 Å².